The van der Waals surface area contributed by atoms with E-state index in [0.717, 1.165) is 12.3 Å². The maximum Gasteiger partial charge on any atom is 0.336 e. The summed E-state index contributed by atoms with van der Waals surface area (Å²) in [5.74, 6) is -1.49. The first-order valence-electron chi connectivity index (χ1n) is 5.37. The van der Waals surface area contributed by atoms with Gasteiger partial charge in [-0.25, -0.2) is 13.2 Å². The smallest absolute Gasteiger partial charge is 0.336 e. The van der Waals surface area contributed by atoms with E-state index >= 15 is 0 Å². The van der Waals surface area contributed by atoms with E-state index in [4.69, 9.17) is 10.2 Å². The molecule has 1 unspecified atom stereocenters. The van der Waals surface area contributed by atoms with Gasteiger partial charge in [-0.05, 0) is 30.2 Å². The Morgan fingerprint density at radius 1 is 1.39 bits per heavy atom. The lowest BCUT2D eigenvalue weighted by Gasteiger charge is -2.15. The molecule has 0 saturated carbocycles. The SMILES string of the molecule is Cc1c(C(=O)O)cc(S(C)(=O)=O)cc1C(C)CO. The fourth-order valence-corrected chi connectivity index (χ4v) is 2.43. The van der Waals surface area contributed by atoms with Crippen molar-refractivity contribution < 1.29 is 23.4 Å². The summed E-state index contributed by atoms with van der Waals surface area (Å²) in [6.07, 6.45) is 1.02. The van der Waals surface area contributed by atoms with E-state index in [2.05, 4.69) is 0 Å². The van der Waals surface area contributed by atoms with Crippen LogP contribution in [0.5, 0.6) is 0 Å². The van der Waals surface area contributed by atoms with Crippen molar-refractivity contribution in [2.45, 2.75) is 24.7 Å². The molecule has 2 N–H and O–H groups in total. The van der Waals surface area contributed by atoms with Crippen molar-refractivity contribution in [1.82, 2.24) is 0 Å². The molecule has 0 amide bonds. The van der Waals surface area contributed by atoms with E-state index in [1.165, 1.54) is 6.07 Å². The van der Waals surface area contributed by atoms with Gasteiger partial charge >= 0.3 is 5.97 Å². The molecule has 1 rings (SSSR count). The van der Waals surface area contributed by atoms with Crippen molar-refractivity contribution >= 4 is 15.8 Å². The molecule has 6 heteroatoms. The second kappa shape index (κ2) is 5.07. The molecule has 1 atom stereocenters. The standard InChI is InChI=1S/C12H16O5S/c1-7(6-13)10-4-9(18(3,16)17)5-11(8(10)2)12(14)15/h4-5,7,13H,6H2,1-3H3,(H,14,15). The highest BCUT2D eigenvalue weighted by molar-refractivity contribution is 7.90. The van der Waals surface area contributed by atoms with E-state index in [-0.39, 0.29) is 23.0 Å². The summed E-state index contributed by atoms with van der Waals surface area (Å²) in [6.45, 7) is 3.14. The van der Waals surface area contributed by atoms with Crippen LogP contribution in [0.2, 0.25) is 0 Å². The molecule has 0 saturated heterocycles. The number of hydrogen-bond acceptors (Lipinski definition) is 4. The van der Waals surface area contributed by atoms with Crippen molar-refractivity contribution in [1.29, 1.82) is 0 Å². The molecule has 0 heterocycles. The minimum Gasteiger partial charge on any atom is -0.478 e. The van der Waals surface area contributed by atoms with Crippen LogP contribution in [0.25, 0.3) is 0 Å². The summed E-state index contributed by atoms with van der Waals surface area (Å²) in [5, 5.41) is 18.2. The van der Waals surface area contributed by atoms with E-state index in [9.17, 15) is 13.2 Å². The monoisotopic (exact) mass is 272 g/mol. The second-order valence-corrected chi connectivity index (χ2v) is 6.36. The van der Waals surface area contributed by atoms with Crippen molar-refractivity contribution in [2.75, 3.05) is 12.9 Å². The Kier molecular flexibility index (Phi) is 4.13. The second-order valence-electron chi connectivity index (χ2n) is 4.35. The van der Waals surface area contributed by atoms with Crippen molar-refractivity contribution in [3.63, 3.8) is 0 Å². The van der Waals surface area contributed by atoms with Crippen LogP contribution in [-0.4, -0.2) is 37.5 Å². The largest absolute Gasteiger partial charge is 0.478 e. The van der Waals surface area contributed by atoms with Gasteiger partial charge in [0.2, 0.25) is 0 Å². The molecule has 100 valence electrons. The highest BCUT2D eigenvalue weighted by atomic mass is 32.2. The Morgan fingerprint density at radius 3 is 2.33 bits per heavy atom. The number of benzene rings is 1. The molecule has 18 heavy (non-hydrogen) atoms. The third kappa shape index (κ3) is 2.88. The number of rotatable bonds is 4. The fourth-order valence-electron chi connectivity index (χ4n) is 1.76. The zero-order chi connectivity index (χ0) is 14.1. The van der Waals surface area contributed by atoms with Gasteiger partial charge in [0.25, 0.3) is 0 Å². The Bertz CT molecular complexity index is 574. The van der Waals surface area contributed by atoms with Crippen molar-refractivity contribution in [2.24, 2.45) is 0 Å². The van der Waals surface area contributed by atoms with Crippen LogP contribution in [0.1, 0.15) is 34.3 Å². The van der Waals surface area contributed by atoms with Crippen LogP contribution < -0.4 is 0 Å². The van der Waals surface area contributed by atoms with Gasteiger partial charge in [-0.15, -0.1) is 0 Å². The quantitative estimate of drug-likeness (QED) is 0.859. The van der Waals surface area contributed by atoms with Crippen molar-refractivity contribution in [3.05, 3.63) is 28.8 Å². The molecule has 0 aliphatic heterocycles. The molecule has 0 bridgehead atoms. The van der Waals surface area contributed by atoms with Crippen LogP contribution in [0.15, 0.2) is 17.0 Å². The van der Waals surface area contributed by atoms with E-state index in [1.807, 2.05) is 0 Å². The van der Waals surface area contributed by atoms with Crippen LogP contribution in [-0.2, 0) is 9.84 Å². The normalized spacial score (nSPS) is 13.3. The van der Waals surface area contributed by atoms with Crippen LogP contribution in [0, 0.1) is 6.92 Å². The van der Waals surface area contributed by atoms with Gasteiger partial charge in [0, 0.05) is 18.8 Å². The molecule has 1 aromatic rings. The number of carboxylic acids is 1. The predicted molar refractivity (Wildman–Crippen MR) is 66.7 cm³/mol. The number of aliphatic hydroxyl groups excluding tert-OH is 1. The number of carbonyl (C=O) groups is 1. The molecule has 0 aromatic heterocycles. The van der Waals surface area contributed by atoms with E-state index in [0.29, 0.717) is 11.1 Å². The van der Waals surface area contributed by atoms with Gasteiger partial charge in [0.05, 0.1) is 10.5 Å². The first-order chi connectivity index (χ1) is 8.18. The lowest BCUT2D eigenvalue weighted by Crippen LogP contribution is -2.10. The maximum absolute atomic E-state index is 11.5. The molecule has 0 aliphatic carbocycles. The molecular formula is C12H16O5S. The van der Waals surface area contributed by atoms with Gasteiger partial charge in [-0.1, -0.05) is 6.92 Å². The van der Waals surface area contributed by atoms with Gasteiger partial charge in [0.15, 0.2) is 9.84 Å². The van der Waals surface area contributed by atoms with Gasteiger partial charge in [0.1, 0.15) is 0 Å². The summed E-state index contributed by atoms with van der Waals surface area (Å²) in [5.41, 5.74) is 0.975. The maximum atomic E-state index is 11.5. The Labute approximate surface area is 106 Å². The summed E-state index contributed by atoms with van der Waals surface area (Å²) in [7, 11) is -3.48. The average molecular weight is 272 g/mol. The highest BCUT2D eigenvalue weighted by Crippen LogP contribution is 2.26. The number of aromatic carboxylic acids is 1. The lowest BCUT2D eigenvalue weighted by molar-refractivity contribution is 0.0695. The minimum atomic E-state index is -3.48. The Balaban J connectivity index is 3.62. The third-order valence-corrected chi connectivity index (χ3v) is 3.98. The van der Waals surface area contributed by atoms with Crippen molar-refractivity contribution in [3.8, 4) is 0 Å². The molecule has 0 aliphatic rings. The fraction of sp³-hybridized carbons (Fsp3) is 0.417. The number of carboxylic acid groups (broad SMARTS) is 1. The molecule has 0 fully saturated rings. The number of sulfone groups is 1. The number of aliphatic hydroxyl groups is 1. The summed E-state index contributed by atoms with van der Waals surface area (Å²) in [4.78, 5) is 11.1. The summed E-state index contributed by atoms with van der Waals surface area (Å²) in [6, 6.07) is 2.58. The third-order valence-electron chi connectivity index (χ3n) is 2.88. The molecule has 5 nitrogen and oxygen atoms in total. The topological polar surface area (TPSA) is 91.7 Å². The highest BCUT2D eigenvalue weighted by Gasteiger charge is 2.19. The zero-order valence-corrected chi connectivity index (χ0v) is 11.3. The van der Waals surface area contributed by atoms with Gasteiger partial charge in [-0.2, -0.15) is 0 Å². The lowest BCUT2D eigenvalue weighted by atomic mass is 9.93. The first-order valence-corrected chi connectivity index (χ1v) is 7.26. The first kappa shape index (κ1) is 14.7. The average Bonchev–Trinajstić information content (AvgIpc) is 2.26. The molecule has 0 spiro atoms. The molecule has 0 radical (unpaired) electrons. The van der Waals surface area contributed by atoms with Crippen LogP contribution in [0.4, 0.5) is 0 Å². The molecule has 1 aromatic carbocycles. The van der Waals surface area contributed by atoms with E-state index in [1.54, 1.807) is 13.8 Å². The van der Waals surface area contributed by atoms with Crippen LogP contribution >= 0.6 is 0 Å². The summed E-state index contributed by atoms with van der Waals surface area (Å²) < 4.78 is 23.1. The zero-order valence-electron chi connectivity index (χ0n) is 10.5. The van der Waals surface area contributed by atoms with E-state index < -0.39 is 15.8 Å². The Morgan fingerprint density at radius 2 is 1.94 bits per heavy atom. The summed E-state index contributed by atoms with van der Waals surface area (Å²) >= 11 is 0. The Hall–Kier alpha value is -1.40. The van der Waals surface area contributed by atoms with Gasteiger partial charge in [-0.3, -0.25) is 0 Å². The molecular weight excluding hydrogens is 256 g/mol. The minimum absolute atomic E-state index is 0.0409. The predicted octanol–water partition coefficient (Wildman–Crippen LogP) is 1.19. The number of hydrogen-bond donors (Lipinski definition) is 2. The van der Waals surface area contributed by atoms with Crippen LogP contribution in [0.3, 0.4) is 0 Å². The van der Waals surface area contributed by atoms with Gasteiger partial charge < -0.3 is 10.2 Å².